The summed E-state index contributed by atoms with van der Waals surface area (Å²) in [5.41, 5.74) is 0.473. The Morgan fingerprint density at radius 3 is 1.55 bits per heavy atom. The Bertz CT molecular complexity index is 554. The summed E-state index contributed by atoms with van der Waals surface area (Å²) in [4.78, 5) is 26.9. The Labute approximate surface area is 136 Å². The molecule has 0 aromatic heterocycles. The normalized spacial score (nSPS) is 14.2. The van der Waals surface area contributed by atoms with Crippen LogP contribution in [-0.4, -0.2) is 35.3 Å². The quantitative estimate of drug-likeness (QED) is 0.594. The summed E-state index contributed by atoms with van der Waals surface area (Å²) in [6.07, 6.45) is 0. The number of benzene rings is 1. The Kier molecular flexibility index (Phi) is 4.95. The lowest BCUT2D eigenvalue weighted by Gasteiger charge is -2.14. The van der Waals surface area contributed by atoms with Gasteiger partial charge in [0.05, 0.1) is 21.2 Å². The first-order valence-electron chi connectivity index (χ1n) is 6.08. The minimum Gasteiger partial charge on any atom is -0.277 e. The van der Waals surface area contributed by atoms with E-state index in [0.717, 1.165) is 26.2 Å². The van der Waals surface area contributed by atoms with Gasteiger partial charge in [0.1, 0.15) is 0 Å². The van der Waals surface area contributed by atoms with Crippen molar-refractivity contribution in [2.75, 3.05) is 18.6 Å². The van der Waals surface area contributed by atoms with Gasteiger partial charge in [-0.25, -0.2) is 0 Å². The standard InChI is InChI=1S/C13H13Cl2NO2S2/c1-4-19-10-8(14)6-7(9(15)11(10)20-5-2)13(18)16(3)12(6)17/h4-5H2,1-3H3. The summed E-state index contributed by atoms with van der Waals surface area (Å²) in [5, 5.41) is 0.685. The van der Waals surface area contributed by atoms with Gasteiger partial charge < -0.3 is 0 Å². The topological polar surface area (TPSA) is 37.4 Å². The van der Waals surface area contributed by atoms with Crippen molar-refractivity contribution in [2.45, 2.75) is 23.6 Å². The second-order valence-corrected chi connectivity index (χ2v) is 7.38. The van der Waals surface area contributed by atoms with Crippen molar-refractivity contribution in [3.8, 4) is 0 Å². The van der Waals surface area contributed by atoms with Gasteiger partial charge in [0.2, 0.25) is 0 Å². The molecule has 1 aliphatic rings. The molecule has 1 aromatic carbocycles. The molecule has 0 N–H and O–H groups in total. The van der Waals surface area contributed by atoms with Crippen LogP contribution in [0.15, 0.2) is 9.79 Å². The van der Waals surface area contributed by atoms with Crippen molar-refractivity contribution in [1.82, 2.24) is 4.90 Å². The molecule has 0 fully saturated rings. The van der Waals surface area contributed by atoms with Gasteiger partial charge in [-0.1, -0.05) is 37.0 Å². The van der Waals surface area contributed by atoms with Crippen molar-refractivity contribution in [2.24, 2.45) is 0 Å². The van der Waals surface area contributed by atoms with Gasteiger partial charge in [-0.05, 0) is 11.5 Å². The number of nitrogens with zero attached hydrogens (tertiary/aromatic N) is 1. The summed E-state index contributed by atoms with van der Waals surface area (Å²) in [7, 11) is 1.44. The summed E-state index contributed by atoms with van der Waals surface area (Å²) in [6, 6.07) is 0. The summed E-state index contributed by atoms with van der Waals surface area (Å²) in [6.45, 7) is 4.00. The average Bonchev–Trinajstić information content (AvgIpc) is 2.65. The van der Waals surface area contributed by atoms with E-state index in [-0.39, 0.29) is 22.9 Å². The van der Waals surface area contributed by atoms with E-state index in [4.69, 9.17) is 23.2 Å². The molecule has 1 aromatic rings. The third-order valence-corrected chi connectivity index (χ3v) is 5.99. The highest BCUT2D eigenvalue weighted by Crippen LogP contribution is 2.47. The number of hydrogen-bond acceptors (Lipinski definition) is 4. The van der Waals surface area contributed by atoms with Crippen molar-refractivity contribution >= 4 is 58.5 Å². The van der Waals surface area contributed by atoms with Crippen molar-refractivity contribution < 1.29 is 9.59 Å². The smallest absolute Gasteiger partial charge is 0.262 e. The second kappa shape index (κ2) is 6.18. The number of thioether (sulfide) groups is 2. The minimum absolute atomic E-state index is 0.237. The molecular formula is C13H13Cl2NO2S2. The van der Waals surface area contributed by atoms with E-state index in [1.54, 1.807) is 0 Å². The monoisotopic (exact) mass is 349 g/mol. The zero-order chi connectivity index (χ0) is 15.0. The van der Waals surface area contributed by atoms with Gasteiger partial charge in [-0.3, -0.25) is 14.5 Å². The fraction of sp³-hybridized carbons (Fsp3) is 0.385. The first-order chi connectivity index (χ1) is 9.45. The van der Waals surface area contributed by atoms with Crippen LogP contribution in [0.4, 0.5) is 0 Å². The molecule has 0 spiro atoms. The zero-order valence-corrected chi connectivity index (χ0v) is 14.4. The maximum atomic E-state index is 12.2. The first kappa shape index (κ1) is 16.0. The fourth-order valence-electron chi connectivity index (χ4n) is 2.02. The molecule has 1 heterocycles. The number of fused-ring (bicyclic) bond motifs is 1. The molecule has 0 saturated carbocycles. The van der Waals surface area contributed by atoms with E-state index in [9.17, 15) is 9.59 Å². The Morgan fingerprint density at radius 1 is 0.900 bits per heavy atom. The number of carbonyl (C=O) groups is 2. The number of rotatable bonds is 4. The highest BCUT2D eigenvalue weighted by Gasteiger charge is 2.39. The van der Waals surface area contributed by atoms with E-state index in [1.165, 1.54) is 30.6 Å². The number of hydrogen-bond donors (Lipinski definition) is 0. The SMILES string of the molecule is CCSc1c(Cl)c2c(c(Cl)c1SCC)C(=O)N(C)C2=O. The molecular weight excluding hydrogens is 337 g/mol. The van der Waals surface area contributed by atoms with Gasteiger partial charge in [0.25, 0.3) is 11.8 Å². The van der Waals surface area contributed by atoms with E-state index < -0.39 is 0 Å². The van der Waals surface area contributed by atoms with Crippen LogP contribution in [0, 0.1) is 0 Å². The van der Waals surface area contributed by atoms with Gasteiger partial charge in [-0.15, -0.1) is 23.5 Å². The number of imide groups is 1. The lowest BCUT2D eigenvalue weighted by Crippen LogP contribution is -2.24. The van der Waals surface area contributed by atoms with Crippen LogP contribution < -0.4 is 0 Å². The largest absolute Gasteiger partial charge is 0.277 e. The van der Waals surface area contributed by atoms with Crippen molar-refractivity contribution in [1.29, 1.82) is 0 Å². The predicted octanol–water partition coefficient (Wildman–Crippen LogP) is 4.44. The molecule has 2 amide bonds. The fourth-order valence-corrected chi connectivity index (χ4v) is 4.86. The van der Waals surface area contributed by atoms with Gasteiger partial charge in [0.15, 0.2) is 0 Å². The van der Waals surface area contributed by atoms with Gasteiger partial charge in [-0.2, -0.15) is 0 Å². The summed E-state index contributed by atoms with van der Waals surface area (Å²) in [5.74, 6) is 0.847. The van der Waals surface area contributed by atoms with E-state index in [0.29, 0.717) is 10.0 Å². The van der Waals surface area contributed by atoms with Gasteiger partial charge >= 0.3 is 0 Å². The van der Waals surface area contributed by atoms with Gasteiger partial charge in [0, 0.05) is 16.8 Å². The molecule has 0 saturated heterocycles. The lowest BCUT2D eigenvalue weighted by atomic mass is 10.1. The average molecular weight is 350 g/mol. The van der Waals surface area contributed by atoms with Crippen LogP contribution in [0.25, 0.3) is 0 Å². The summed E-state index contributed by atoms with van der Waals surface area (Å²) >= 11 is 15.8. The highest BCUT2D eigenvalue weighted by molar-refractivity contribution is 8.02. The Balaban J connectivity index is 2.78. The Hall–Kier alpha value is -0.360. The number of halogens is 2. The van der Waals surface area contributed by atoms with Crippen LogP contribution >= 0.6 is 46.7 Å². The molecule has 0 unspecified atom stereocenters. The van der Waals surface area contributed by atoms with Crippen LogP contribution in [-0.2, 0) is 0 Å². The number of amides is 2. The van der Waals surface area contributed by atoms with E-state index in [1.807, 2.05) is 13.8 Å². The molecule has 20 heavy (non-hydrogen) atoms. The van der Waals surface area contributed by atoms with Crippen molar-refractivity contribution in [3.63, 3.8) is 0 Å². The maximum absolute atomic E-state index is 12.2. The molecule has 2 rings (SSSR count). The second-order valence-electron chi connectivity index (χ2n) is 4.07. The summed E-state index contributed by atoms with van der Waals surface area (Å²) < 4.78 is 0. The minimum atomic E-state index is -0.386. The molecule has 0 radical (unpaired) electrons. The highest BCUT2D eigenvalue weighted by atomic mass is 35.5. The predicted molar refractivity (Wildman–Crippen MR) is 85.7 cm³/mol. The maximum Gasteiger partial charge on any atom is 0.262 e. The molecule has 1 aliphatic heterocycles. The molecule has 0 atom stereocenters. The molecule has 108 valence electrons. The Morgan fingerprint density at radius 2 is 1.25 bits per heavy atom. The third kappa shape index (κ3) is 2.34. The van der Waals surface area contributed by atoms with E-state index >= 15 is 0 Å². The molecule has 0 bridgehead atoms. The van der Waals surface area contributed by atoms with Crippen LogP contribution in [0.3, 0.4) is 0 Å². The molecule has 3 nitrogen and oxygen atoms in total. The van der Waals surface area contributed by atoms with E-state index in [2.05, 4.69) is 0 Å². The third-order valence-electron chi connectivity index (χ3n) is 2.91. The zero-order valence-electron chi connectivity index (χ0n) is 11.3. The lowest BCUT2D eigenvalue weighted by molar-refractivity contribution is 0.0693. The van der Waals surface area contributed by atoms with Crippen LogP contribution in [0.2, 0.25) is 10.0 Å². The van der Waals surface area contributed by atoms with Crippen molar-refractivity contribution in [3.05, 3.63) is 21.2 Å². The molecule has 7 heteroatoms. The first-order valence-corrected chi connectivity index (χ1v) is 8.81. The molecule has 0 aliphatic carbocycles. The van der Waals surface area contributed by atoms with Crippen LogP contribution in [0.5, 0.6) is 0 Å². The number of carbonyl (C=O) groups excluding carboxylic acids is 2. The van der Waals surface area contributed by atoms with Crippen LogP contribution in [0.1, 0.15) is 34.6 Å².